The number of hydrogen-bond donors (Lipinski definition) is 0. The van der Waals surface area contributed by atoms with Gasteiger partial charge in [-0.1, -0.05) is 24.6 Å². The van der Waals surface area contributed by atoms with Crippen molar-refractivity contribution in [3.8, 4) is 11.5 Å². The molecule has 0 saturated heterocycles. The highest BCUT2D eigenvalue weighted by Crippen LogP contribution is 2.33. The summed E-state index contributed by atoms with van der Waals surface area (Å²) in [5, 5.41) is -0.0534. The Balaban J connectivity index is 1.91. The standard InChI is InChI=1S/C15H14BrClN2O4S/c1-2-19(8-10-3-4-12-13(5-10)23-9-22-12)24(20,21)14-6-11(16)7-18-15(14)17/h3-7H,2,8-9H2,1H3. The monoisotopic (exact) mass is 432 g/mol. The number of sulfonamides is 1. The molecule has 0 aliphatic carbocycles. The van der Waals surface area contributed by atoms with Gasteiger partial charge in [-0.05, 0) is 39.7 Å². The van der Waals surface area contributed by atoms with Crippen molar-refractivity contribution < 1.29 is 17.9 Å². The Hall–Kier alpha value is -1.35. The Kier molecular flexibility index (Phi) is 5.00. The molecule has 1 aliphatic rings. The Morgan fingerprint density at radius 3 is 2.79 bits per heavy atom. The maximum atomic E-state index is 12.9. The molecule has 0 N–H and O–H groups in total. The van der Waals surface area contributed by atoms with E-state index < -0.39 is 10.0 Å². The number of pyridine rings is 1. The summed E-state index contributed by atoms with van der Waals surface area (Å²) >= 11 is 9.21. The van der Waals surface area contributed by atoms with Gasteiger partial charge in [0.05, 0.1) is 0 Å². The minimum absolute atomic E-state index is 0.0267. The second-order valence-electron chi connectivity index (χ2n) is 5.06. The van der Waals surface area contributed by atoms with Gasteiger partial charge in [-0.15, -0.1) is 0 Å². The first-order valence-electron chi connectivity index (χ1n) is 7.11. The van der Waals surface area contributed by atoms with Crippen LogP contribution in [-0.2, 0) is 16.6 Å². The lowest BCUT2D eigenvalue weighted by Crippen LogP contribution is -2.30. The predicted molar refractivity (Wildman–Crippen MR) is 92.8 cm³/mol. The van der Waals surface area contributed by atoms with E-state index in [0.29, 0.717) is 22.5 Å². The van der Waals surface area contributed by atoms with Crippen LogP contribution in [-0.4, -0.2) is 31.0 Å². The molecular weight excluding hydrogens is 420 g/mol. The van der Waals surface area contributed by atoms with Crippen molar-refractivity contribution in [3.05, 3.63) is 45.7 Å². The van der Waals surface area contributed by atoms with E-state index in [4.69, 9.17) is 21.1 Å². The van der Waals surface area contributed by atoms with E-state index in [-0.39, 0.29) is 23.4 Å². The van der Waals surface area contributed by atoms with Gasteiger partial charge in [0.15, 0.2) is 11.5 Å². The Morgan fingerprint density at radius 2 is 2.04 bits per heavy atom. The lowest BCUT2D eigenvalue weighted by Gasteiger charge is -2.21. The van der Waals surface area contributed by atoms with Crippen molar-refractivity contribution in [1.29, 1.82) is 0 Å². The van der Waals surface area contributed by atoms with E-state index in [0.717, 1.165) is 5.56 Å². The van der Waals surface area contributed by atoms with Gasteiger partial charge in [0.2, 0.25) is 16.8 Å². The average molecular weight is 434 g/mol. The summed E-state index contributed by atoms with van der Waals surface area (Å²) < 4.78 is 38.3. The lowest BCUT2D eigenvalue weighted by molar-refractivity contribution is 0.174. The summed E-state index contributed by atoms with van der Waals surface area (Å²) in [5.74, 6) is 1.27. The molecule has 1 aromatic heterocycles. The molecule has 0 spiro atoms. The van der Waals surface area contributed by atoms with E-state index in [9.17, 15) is 8.42 Å². The maximum absolute atomic E-state index is 12.9. The molecule has 1 aliphatic heterocycles. The summed E-state index contributed by atoms with van der Waals surface area (Å²) in [6, 6.07) is 6.81. The van der Waals surface area contributed by atoms with E-state index in [2.05, 4.69) is 20.9 Å². The number of nitrogens with zero attached hydrogens (tertiary/aromatic N) is 2. The minimum atomic E-state index is -3.78. The van der Waals surface area contributed by atoms with Gasteiger partial charge in [-0.25, -0.2) is 13.4 Å². The Morgan fingerprint density at radius 1 is 1.29 bits per heavy atom. The average Bonchev–Trinajstić information content (AvgIpc) is 3.02. The van der Waals surface area contributed by atoms with Crippen LogP contribution in [0.15, 0.2) is 39.8 Å². The molecule has 0 fully saturated rings. The van der Waals surface area contributed by atoms with Crippen LogP contribution in [0, 0.1) is 0 Å². The van der Waals surface area contributed by atoms with Crippen LogP contribution in [0.4, 0.5) is 0 Å². The van der Waals surface area contributed by atoms with Gasteiger partial charge in [0, 0.05) is 23.8 Å². The highest BCUT2D eigenvalue weighted by molar-refractivity contribution is 9.10. The third-order valence-electron chi connectivity index (χ3n) is 3.54. The molecule has 0 saturated carbocycles. The molecule has 2 aromatic rings. The largest absolute Gasteiger partial charge is 0.454 e. The van der Waals surface area contributed by atoms with Gasteiger partial charge in [0.25, 0.3) is 0 Å². The van der Waals surface area contributed by atoms with Crippen LogP contribution in [0.3, 0.4) is 0 Å². The van der Waals surface area contributed by atoms with Crippen LogP contribution < -0.4 is 9.47 Å². The van der Waals surface area contributed by atoms with Crippen molar-refractivity contribution >= 4 is 37.6 Å². The van der Waals surface area contributed by atoms with Gasteiger partial charge in [-0.3, -0.25) is 0 Å². The molecule has 128 valence electrons. The quantitative estimate of drug-likeness (QED) is 0.676. The van der Waals surface area contributed by atoms with Crippen molar-refractivity contribution in [2.24, 2.45) is 0 Å². The zero-order chi connectivity index (χ0) is 17.3. The number of aromatic nitrogens is 1. The van der Waals surface area contributed by atoms with Gasteiger partial charge < -0.3 is 9.47 Å². The molecule has 9 heteroatoms. The van der Waals surface area contributed by atoms with E-state index in [1.165, 1.54) is 16.6 Å². The Labute approximate surface area is 153 Å². The summed E-state index contributed by atoms with van der Waals surface area (Å²) in [4.78, 5) is 3.87. The van der Waals surface area contributed by atoms with E-state index in [1.54, 1.807) is 19.1 Å². The summed E-state index contributed by atoms with van der Waals surface area (Å²) in [6.45, 7) is 2.43. The number of benzene rings is 1. The van der Waals surface area contributed by atoms with Crippen molar-refractivity contribution in [3.63, 3.8) is 0 Å². The third kappa shape index (κ3) is 3.37. The zero-order valence-electron chi connectivity index (χ0n) is 12.7. The molecule has 1 aromatic carbocycles. The first kappa shape index (κ1) is 17.5. The zero-order valence-corrected chi connectivity index (χ0v) is 15.9. The first-order valence-corrected chi connectivity index (χ1v) is 9.72. The number of ether oxygens (including phenoxy) is 2. The van der Waals surface area contributed by atoms with Crippen LogP contribution >= 0.6 is 27.5 Å². The van der Waals surface area contributed by atoms with E-state index >= 15 is 0 Å². The summed E-state index contributed by atoms with van der Waals surface area (Å²) in [6.07, 6.45) is 1.45. The van der Waals surface area contributed by atoms with Crippen molar-refractivity contribution in [2.45, 2.75) is 18.4 Å². The normalized spacial score (nSPS) is 13.5. The third-order valence-corrected chi connectivity index (χ3v) is 6.32. The molecule has 6 nitrogen and oxygen atoms in total. The molecule has 0 bridgehead atoms. The van der Waals surface area contributed by atoms with Crippen LogP contribution in [0.2, 0.25) is 5.15 Å². The van der Waals surface area contributed by atoms with Crippen LogP contribution in [0.5, 0.6) is 11.5 Å². The molecule has 3 rings (SSSR count). The fourth-order valence-corrected chi connectivity index (χ4v) is 4.69. The molecule has 0 atom stereocenters. The molecule has 2 heterocycles. The predicted octanol–water partition coefficient (Wildman–Crippen LogP) is 3.44. The smallest absolute Gasteiger partial charge is 0.246 e. The second-order valence-corrected chi connectivity index (χ2v) is 8.24. The van der Waals surface area contributed by atoms with Crippen molar-refractivity contribution in [2.75, 3.05) is 13.3 Å². The molecule has 0 unspecified atom stereocenters. The van der Waals surface area contributed by atoms with Crippen LogP contribution in [0.1, 0.15) is 12.5 Å². The van der Waals surface area contributed by atoms with Gasteiger partial charge in [0.1, 0.15) is 10.0 Å². The number of halogens is 2. The SMILES string of the molecule is CCN(Cc1ccc2c(c1)OCO2)S(=O)(=O)c1cc(Br)cnc1Cl. The molecular formula is C15H14BrClN2O4S. The number of hydrogen-bond acceptors (Lipinski definition) is 5. The number of fused-ring (bicyclic) bond motifs is 1. The Bertz CT molecular complexity index is 876. The second kappa shape index (κ2) is 6.87. The topological polar surface area (TPSA) is 68.7 Å². The maximum Gasteiger partial charge on any atom is 0.246 e. The molecule has 24 heavy (non-hydrogen) atoms. The number of rotatable bonds is 5. The van der Waals surface area contributed by atoms with E-state index in [1.807, 2.05) is 6.07 Å². The van der Waals surface area contributed by atoms with Gasteiger partial charge in [-0.2, -0.15) is 4.31 Å². The lowest BCUT2D eigenvalue weighted by atomic mass is 10.2. The minimum Gasteiger partial charge on any atom is -0.454 e. The first-order chi connectivity index (χ1) is 11.4. The summed E-state index contributed by atoms with van der Waals surface area (Å²) in [7, 11) is -3.78. The molecule has 0 amide bonds. The van der Waals surface area contributed by atoms with Crippen LogP contribution in [0.25, 0.3) is 0 Å². The van der Waals surface area contributed by atoms with Gasteiger partial charge >= 0.3 is 0 Å². The highest BCUT2D eigenvalue weighted by Gasteiger charge is 2.27. The molecule has 0 radical (unpaired) electrons. The summed E-state index contributed by atoms with van der Waals surface area (Å²) in [5.41, 5.74) is 0.795. The fraction of sp³-hybridized carbons (Fsp3) is 0.267. The highest BCUT2D eigenvalue weighted by atomic mass is 79.9. The van der Waals surface area contributed by atoms with Crippen molar-refractivity contribution in [1.82, 2.24) is 9.29 Å². The fourth-order valence-electron chi connectivity index (χ4n) is 2.33.